The Hall–Kier alpha value is -1.77. The van der Waals surface area contributed by atoms with E-state index in [0.717, 1.165) is 24.0 Å². The molecule has 1 atom stereocenters. The molecule has 0 aliphatic heterocycles. The molecule has 1 aliphatic rings. The second-order valence-corrected chi connectivity index (χ2v) is 4.07. The van der Waals surface area contributed by atoms with Crippen molar-refractivity contribution >= 4 is 11.5 Å². The van der Waals surface area contributed by atoms with E-state index in [2.05, 4.69) is 0 Å². The van der Waals surface area contributed by atoms with Crippen molar-refractivity contribution in [2.75, 3.05) is 0 Å². The summed E-state index contributed by atoms with van der Waals surface area (Å²) in [4.78, 5) is 11.0. The predicted octanol–water partition coefficient (Wildman–Crippen LogP) is 2.44. The molecule has 0 saturated heterocycles. The minimum absolute atomic E-state index is 0.177. The number of aryl methyl sites for hydroxylation is 1. The molecular weight excluding hydrogens is 204 g/mol. The molecule has 0 aromatic heterocycles. The fraction of sp³-hybridized carbons (Fsp3) is 0.308. The summed E-state index contributed by atoms with van der Waals surface area (Å²) in [6, 6.07) is 5.34. The van der Waals surface area contributed by atoms with Gasteiger partial charge in [-0.3, -0.25) is 4.79 Å². The maximum atomic E-state index is 11.0. The lowest BCUT2D eigenvalue weighted by Gasteiger charge is -2.21. The van der Waals surface area contributed by atoms with Crippen LogP contribution in [0.15, 0.2) is 24.3 Å². The highest BCUT2D eigenvalue weighted by molar-refractivity contribution is 5.89. The van der Waals surface area contributed by atoms with Gasteiger partial charge in [0.25, 0.3) is 0 Å². The van der Waals surface area contributed by atoms with Gasteiger partial charge in [-0.2, -0.15) is 0 Å². The van der Waals surface area contributed by atoms with Crippen molar-refractivity contribution in [1.82, 2.24) is 0 Å². The Morgan fingerprint density at radius 1 is 1.44 bits per heavy atom. The van der Waals surface area contributed by atoms with Gasteiger partial charge in [-0.1, -0.05) is 18.2 Å². The van der Waals surface area contributed by atoms with Crippen molar-refractivity contribution in [1.29, 1.82) is 0 Å². The molecule has 0 amide bonds. The summed E-state index contributed by atoms with van der Waals surface area (Å²) in [5.74, 6) is -1.26. The molecule has 0 fully saturated rings. The van der Waals surface area contributed by atoms with Gasteiger partial charge in [0, 0.05) is 5.56 Å². The highest BCUT2D eigenvalue weighted by Crippen LogP contribution is 2.37. The molecule has 3 heteroatoms. The molecule has 0 spiro atoms. The van der Waals surface area contributed by atoms with E-state index >= 15 is 0 Å². The number of allylic oxidation sites excluding steroid dienone is 1. The predicted molar refractivity (Wildman–Crippen MR) is 61.2 cm³/mol. The van der Waals surface area contributed by atoms with E-state index in [9.17, 15) is 9.90 Å². The van der Waals surface area contributed by atoms with E-state index in [1.807, 2.05) is 12.1 Å². The highest BCUT2D eigenvalue weighted by Gasteiger charge is 2.24. The van der Waals surface area contributed by atoms with Gasteiger partial charge in [0.15, 0.2) is 0 Å². The number of aromatic hydroxyl groups is 1. The quantitative estimate of drug-likeness (QED) is 0.801. The van der Waals surface area contributed by atoms with Crippen molar-refractivity contribution in [2.45, 2.75) is 19.8 Å². The number of aliphatic carboxylic acids is 1. The van der Waals surface area contributed by atoms with Gasteiger partial charge >= 0.3 is 5.97 Å². The summed E-state index contributed by atoms with van der Waals surface area (Å²) in [6.45, 7) is 1.65. The number of rotatable bonds is 2. The number of carboxylic acid groups (broad SMARTS) is 1. The number of phenols is 1. The Bertz CT molecular complexity index is 460. The van der Waals surface area contributed by atoms with Crippen LogP contribution in [-0.2, 0) is 11.2 Å². The Kier molecular flexibility index (Phi) is 2.69. The molecule has 0 saturated carbocycles. The molecule has 0 bridgehead atoms. The van der Waals surface area contributed by atoms with E-state index in [-0.39, 0.29) is 5.75 Å². The standard InChI is InChI=1S/C13H14O3/c1-8(13(15)16)10-6-2-4-9-5-3-7-11(14)12(9)10/h3,5-8,14H,2,4H2,1H3,(H,15,16). The van der Waals surface area contributed by atoms with Crippen LogP contribution in [0.5, 0.6) is 5.75 Å². The summed E-state index contributed by atoms with van der Waals surface area (Å²) in [5.41, 5.74) is 2.47. The normalized spacial score (nSPS) is 16.2. The molecule has 1 aromatic carbocycles. The third-order valence-electron chi connectivity index (χ3n) is 3.03. The zero-order valence-corrected chi connectivity index (χ0v) is 9.10. The van der Waals surface area contributed by atoms with Gasteiger partial charge in [-0.05, 0) is 37.0 Å². The van der Waals surface area contributed by atoms with Crippen LogP contribution < -0.4 is 0 Å². The number of hydrogen-bond donors (Lipinski definition) is 2. The van der Waals surface area contributed by atoms with Crippen LogP contribution in [0.25, 0.3) is 5.57 Å². The van der Waals surface area contributed by atoms with Crippen LogP contribution >= 0.6 is 0 Å². The van der Waals surface area contributed by atoms with Crippen LogP contribution in [-0.4, -0.2) is 16.2 Å². The van der Waals surface area contributed by atoms with Crippen molar-refractivity contribution < 1.29 is 15.0 Å². The van der Waals surface area contributed by atoms with E-state index in [0.29, 0.717) is 5.56 Å². The van der Waals surface area contributed by atoms with E-state index in [1.165, 1.54) is 0 Å². The lowest BCUT2D eigenvalue weighted by molar-refractivity contribution is -0.139. The summed E-state index contributed by atoms with van der Waals surface area (Å²) in [7, 11) is 0. The van der Waals surface area contributed by atoms with E-state index in [4.69, 9.17) is 5.11 Å². The molecule has 2 rings (SSSR count). The molecule has 1 aromatic rings. The fourth-order valence-corrected chi connectivity index (χ4v) is 2.14. The van der Waals surface area contributed by atoms with Gasteiger partial charge in [0.1, 0.15) is 5.75 Å². The van der Waals surface area contributed by atoms with Crippen LogP contribution in [0.4, 0.5) is 0 Å². The summed E-state index contributed by atoms with van der Waals surface area (Å²) in [6.07, 6.45) is 3.61. The van der Waals surface area contributed by atoms with Crippen LogP contribution in [0.2, 0.25) is 0 Å². The minimum Gasteiger partial charge on any atom is -0.507 e. The fourth-order valence-electron chi connectivity index (χ4n) is 2.14. The van der Waals surface area contributed by atoms with Gasteiger partial charge in [0.05, 0.1) is 5.92 Å². The largest absolute Gasteiger partial charge is 0.507 e. The zero-order valence-electron chi connectivity index (χ0n) is 9.10. The van der Waals surface area contributed by atoms with Gasteiger partial charge < -0.3 is 10.2 Å². The number of carbonyl (C=O) groups is 1. The Balaban J connectivity index is 2.51. The van der Waals surface area contributed by atoms with Crippen molar-refractivity contribution in [3.05, 3.63) is 35.4 Å². The van der Waals surface area contributed by atoms with Crippen molar-refractivity contribution in [3.63, 3.8) is 0 Å². The topological polar surface area (TPSA) is 57.5 Å². The molecular formula is C13H14O3. The number of benzene rings is 1. The van der Waals surface area contributed by atoms with Crippen LogP contribution in [0.1, 0.15) is 24.5 Å². The smallest absolute Gasteiger partial charge is 0.310 e. The van der Waals surface area contributed by atoms with Crippen LogP contribution in [0, 0.1) is 5.92 Å². The first kappa shape index (κ1) is 10.7. The minimum atomic E-state index is -0.859. The Morgan fingerprint density at radius 2 is 2.19 bits per heavy atom. The van der Waals surface area contributed by atoms with Gasteiger partial charge in [-0.15, -0.1) is 0 Å². The summed E-state index contributed by atoms with van der Waals surface area (Å²) >= 11 is 0. The van der Waals surface area contributed by atoms with Gasteiger partial charge in [-0.25, -0.2) is 0 Å². The first-order valence-corrected chi connectivity index (χ1v) is 5.35. The molecule has 1 aliphatic carbocycles. The van der Waals surface area contributed by atoms with Crippen molar-refractivity contribution in [3.8, 4) is 5.75 Å². The molecule has 0 heterocycles. The lowest BCUT2D eigenvalue weighted by atomic mass is 9.84. The summed E-state index contributed by atoms with van der Waals surface area (Å²) in [5, 5.41) is 18.9. The third-order valence-corrected chi connectivity index (χ3v) is 3.03. The second-order valence-electron chi connectivity index (χ2n) is 4.07. The lowest BCUT2D eigenvalue weighted by Crippen LogP contribution is -2.14. The molecule has 1 unspecified atom stereocenters. The number of fused-ring (bicyclic) bond motifs is 1. The number of phenolic OH excluding ortho intramolecular Hbond substituents is 1. The first-order valence-electron chi connectivity index (χ1n) is 5.35. The molecule has 0 radical (unpaired) electrons. The van der Waals surface area contributed by atoms with E-state index in [1.54, 1.807) is 19.1 Å². The average Bonchev–Trinajstić information content (AvgIpc) is 2.27. The highest BCUT2D eigenvalue weighted by atomic mass is 16.4. The average molecular weight is 218 g/mol. The number of carboxylic acids is 1. The molecule has 84 valence electrons. The molecule has 2 N–H and O–H groups in total. The van der Waals surface area contributed by atoms with E-state index < -0.39 is 11.9 Å². The molecule has 3 nitrogen and oxygen atoms in total. The first-order chi connectivity index (χ1) is 7.61. The maximum Gasteiger partial charge on any atom is 0.310 e. The SMILES string of the molecule is CC(C(=O)O)C1=CCCc2cccc(O)c21. The maximum absolute atomic E-state index is 11.0. The third kappa shape index (κ3) is 1.69. The molecule has 16 heavy (non-hydrogen) atoms. The Morgan fingerprint density at radius 3 is 2.88 bits per heavy atom. The number of hydrogen-bond acceptors (Lipinski definition) is 2. The summed E-state index contributed by atoms with van der Waals surface area (Å²) < 4.78 is 0. The van der Waals surface area contributed by atoms with Crippen molar-refractivity contribution in [2.24, 2.45) is 5.92 Å². The zero-order chi connectivity index (χ0) is 11.7. The van der Waals surface area contributed by atoms with Crippen LogP contribution in [0.3, 0.4) is 0 Å². The Labute approximate surface area is 94.0 Å². The monoisotopic (exact) mass is 218 g/mol. The second kappa shape index (κ2) is 4.00. The van der Waals surface area contributed by atoms with Gasteiger partial charge in [0.2, 0.25) is 0 Å².